The molecule has 0 bridgehead atoms. The van der Waals surface area contributed by atoms with Gasteiger partial charge in [-0.2, -0.15) is 16.8 Å². The summed E-state index contributed by atoms with van der Waals surface area (Å²) in [7, 11) is -5.84. The first kappa shape index (κ1) is 34.0. The van der Waals surface area contributed by atoms with Crippen molar-refractivity contribution in [3.05, 3.63) is 28.4 Å². The van der Waals surface area contributed by atoms with E-state index in [1.807, 2.05) is 0 Å². The Morgan fingerprint density at radius 1 is 1.08 bits per heavy atom. The summed E-state index contributed by atoms with van der Waals surface area (Å²) >= 11 is 0.881. The summed E-state index contributed by atoms with van der Waals surface area (Å²) in [4.78, 5) is 45.9. The van der Waals surface area contributed by atoms with E-state index in [0.29, 0.717) is 5.03 Å². The molecule has 0 aliphatic carbocycles. The molecule has 36 heavy (non-hydrogen) atoms. The van der Waals surface area contributed by atoms with Crippen molar-refractivity contribution in [2.45, 2.75) is 35.3 Å². The summed E-state index contributed by atoms with van der Waals surface area (Å²) in [5, 5.41) is 15.9. The predicted octanol–water partition coefficient (Wildman–Crippen LogP) is 1.55. The molecule has 1 heterocycles. The third-order valence-electron chi connectivity index (χ3n) is 3.68. The minimum absolute atomic E-state index is 0.134. The van der Waals surface area contributed by atoms with Crippen LogP contribution in [0.4, 0.5) is 5.69 Å². The molecule has 0 saturated carbocycles. The van der Waals surface area contributed by atoms with Crippen LogP contribution in [-0.2, 0) is 39.4 Å². The molecular formula is C16H22N2O13S5. The standard InChI is InChI=1S/C9H10N2O7S3.C7H12O6S2/c12-9(13)7(21(16,17)18)3-4-19-20-8-2-1-6(5-10-8)11(14)15;1-5(8)14-4-3-6(7(9)13-2)15(10,11)12/h1-2,5,7H,3-4H2,(H,12,13)(H,16,17,18);6H,3-4H2,1-2H3,(H,10,11,12). The van der Waals surface area contributed by atoms with Crippen LogP contribution in [0, 0.1) is 10.1 Å². The lowest BCUT2D eigenvalue weighted by atomic mass is 10.3. The second-order valence-electron chi connectivity index (χ2n) is 6.30. The lowest BCUT2D eigenvalue weighted by Crippen LogP contribution is -2.31. The largest absolute Gasteiger partial charge is 0.480 e. The number of carboxylic acid groups (broad SMARTS) is 1. The van der Waals surface area contributed by atoms with Crippen molar-refractivity contribution >= 4 is 76.3 Å². The highest BCUT2D eigenvalue weighted by Gasteiger charge is 2.32. The molecule has 3 N–H and O–H groups in total. The van der Waals surface area contributed by atoms with Crippen molar-refractivity contribution in [3.8, 4) is 0 Å². The number of nitro groups is 1. The van der Waals surface area contributed by atoms with Crippen LogP contribution in [0.3, 0.4) is 0 Å². The van der Waals surface area contributed by atoms with E-state index >= 15 is 0 Å². The lowest BCUT2D eigenvalue weighted by Gasteiger charge is -2.10. The fourth-order valence-corrected chi connectivity index (χ4v) is 6.33. The first-order valence-electron chi connectivity index (χ1n) is 9.27. The summed E-state index contributed by atoms with van der Waals surface area (Å²) in [5.41, 5.74) is -0.151. The minimum atomic E-state index is -4.64. The number of carboxylic acids is 1. The number of methoxy groups -OCH3 is 1. The van der Waals surface area contributed by atoms with Crippen LogP contribution >= 0.6 is 33.3 Å². The molecule has 0 aromatic carbocycles. The third-order valence-corrected chi connectivity index (χ3v) is 9.13. The predicted molar refractivity (Wildman–Crippen MR) is 132 cm³/mol. The molecule has 0 radical (unpaired) electrons. The highest BCUT2D eigenvalue weighted by molar-refractivity contribution is 8.76. The van der Waals surface area contributed by atoms with Gasteiger partial charge in [-0.05, 0) is 29.7 Å². The van der Waals surface area contributed by atoms with Gasteiger partial charge >= 0.3 is 11.9 Å². The number of pyridine rings is 1. The van der Waals surface area contributed by atoms with E-state index < -0.39 is 47.6 Å². The summed E-state index contributed by atoms with van der Waals surface area (Å²) < 4.78 is 64.9. The van der Waals surface area contributed by atoms with Crippen LogP contribution in [-0.4, -0.2) is 87.1 Å². The molecule has 1 aromatic rings. The number of nitrogens with zero attached hydrogens (tertiary/aromatic N) is 2. The van der Waals surface area contributed by atoms with Crippen LogP contribution in [0.1, 0.15) is 19.8 Å². The highest BCUT2D eigenvalue weighted by Crippen LogP contribution is 2.31. The van der Waals surface area contributed by atoms with Crippen molar-refractivity contribution in [2.75, 3.05) is 18.6 Å². The zero-order valence-corrected chi connectivity index (χ0v) is 22.7. The molecule has 0 spiro atoms. The van der Waals surface area contributed by atoms with Crippen LogP contribution in [0.5, 0.6) is 0 Å². The quantitative estimate of drug-likeness (QED) is 0.0715. The first-order valence-corrected chi connectivity index (χ1v) is 15.6. The van der Waals surface area contributed by atoms with Crippen molar-refractivity contribution < 1.29 is 55.1 Å². The zero-order valence-electron chi connectivity index (χ0n) is 18.6. The van der Waals surface area contributed by atoms with Gasteiger partial charge in [0, 0.05) is 24.5 Å². The number of esters is 1. The molecule has 2 unspecified atom stereocenters. The maximum absolute atomic E-state index is 11.0. The Morgan fingerprint density at radius 3 is 2.03 bits per heavy atom. The van der Waals surface area contributed by atoms with Gasteiger partial charge in [0.1, 0.15) is 11.2 Å². The molecule has 1 aromatic heterocycles. The van der Waals surface area contributed by atoms with Gasteiger partial charge in [0.2, 0.25) is 0 Å². The number of thioether (sulfide) groups is 1. The normalized spacial score (nSPS) is 13.0. The average Bonchev–Trinajstić information content (AvgIpc) is 2.74. The second-order valence-corrected chi connectivity index (χ2v) is 13.2. The van der Waals surface area contributed by atoms with E-state index in [2.05, 4.69) is 9.72 Å². The van der Waals surface area contributed by atoms with Crippen molar-refractivity contribution in [1.29, 1.82) is 0 Å². The van der Waals surface area contributed by atoms with Crippen molar-refractivity contribution in [3.63, 3.8) is 0 Å². The van der Waals surface area contributed by atoms with Crippen LogP contribution in [0.2, 0.25) is 0 Å². The molecule has 2 atom stereocenters. The van der Waals surface area contributed by atoms with E-state index in [1.54, 1.807) is 0 Å². The smallest absolute Gasteiger partial charge is 0.326 e. The fraction of sp³-hybridized carbons (Fsp3) is 0.500. The summed E-state index contributed by atoms with van der Waals surface area (Å²) in [5.74, 6) is -2.37. The number of ether oxygens (including phenoxy) is 1. The van der Waals surface area contributed by atoms with E-state index in [-0.39, 0.29) is 35.2 Å². The Bertz CT molecular complexity index is 1120. The van der Waals surface area contributed by atoms with E-state index in [9.17, 15) is 41.3 Å². The van der Waals surface area contributed by atoms with Gasteiger partial charge in [-0.25, -0.2) is 4.98 Å². The van der Waals surface area contributed by atoms with Crippen LogP contribution in [0.25, 0.3) is 0 Å². The first-order chi connectivity index (χ1) is 16.5. The Labute approximate surface area is 218 Å². The van der Waals surface area contributed by atoms with Crippen LogP contribution in [0.15, 0.2) is 23.4 Å². The number of carbonyl (C=O) groups is 3. The van der Waals surface area contributed by atoms with Crippen LogP contribution < -0.4 is 0 Å². The third kappa shape index (κ3) is 13.9. The molecule has 1 rings (SSSR count). The SMILES string of the molecule is COC(=O)C(CCSC(C)=O)S(=O)(=O)O.O=C(O)C(CCSSc1ccc([N+](=O)[O-])cn1)S(=O)(=O)O. The molecule has 0 aliphatic heterocycles. The molecule has 20 heteroatoms. The number of hydrogen-bond donors (Lipinski definition) is 3. The molecule has 0 amide bonds. The summed E-state index contributed by atoms with van der Waals surface area (Å²) in [6.45, 7) is 1.32. The maximum atomic E-state index is 11.0. The Hall–Kier alpha value is -1.97. The van der Waals surface area contributed by atoms with Gasteiger partial charge in [-0.15, -0.1) is 0 Å². The van der Waals surface area contributed by atoms with E-state index in [4.69, 9.17) is 14.2 Å². The Morgan fingerprint density at radius 2 is 1.64 bits per heavy atom. The molecule has 15 nitrogen and oxygen atoms in total. The molecule has 204 valence electrons. The molecular weight excluding hydrogens is 589 g/mol. The topological polar surface area (TPSA) is 245 Å². The zero-order chi connectivity index (χ0) is 28.1. The maximum Gasteiger partial charge on any atom is 0.326 e. The molecule has 0 fully saturated rings. The number of rotatable bonds is 13. The van der Waals surface area contributed by atoms with Gasteiger partial charge < -0.3 is 9.84 Å². The highest BCUT2D eigenvalue weighted by atomic mass is 33.1. The summed E-state index contributed by atoms with van der Waals surface area (Å²) in [6.07, 6.45) is 0.662. The Balaban J connectivity index is 0.000000723. The lowest BCUT2D eigenvalue weighted by molar-refractivity contribution is -0.385. The van der Waals surface area contributed by atoms with Gasteiger partial charge in [-0.1, -0.05) is 22.6 Å². The van der Waals surface area contributed by atoms with Crippen molar-refractivity contribution in [1.82, 2.24) is 4.98 Å². The Kier molecular flexibility index (Phi) is 15.1. The van der Waals surface area contributed by atoms with Crippen molar-refractivity contribution in [2.24, 2.45) is 0 Å². The molecule has 0 saturated heterocycles. The van der Waals surface area contributed by atoms with Gasteiger partial charge in [0.05, 0.1) is 12.0 Å². The number of aliphatic carboxylic acids is 1. The van der Waals surface area contributed by atoms with E-state index in [0.717, 1.165) is 46.7 Å². The van der Waals surface area contributed by atoms with Gasteiger partial charge in [0.25, 0.3) is 25.9 Å². The average molecular weight is 611 g/mol. The van der Waals surface area contributed by atoms with E-state index in [1.165, 1.54) is 19.1 Å². The molecule has 0 aliphatic rings. The second kappa shape index (κ2) is 16.0. The van der Waals surface area contributed by atoms with Gasteiger partial charge in [-0.3, -0.25) is 33.6 Å². The number of aromatic nitrogens is 1. The minimum Gasteiger partial charge on any atom is -0.480 e. The number of carbonyl (C=O) groups excluding carboxylic acids is 2. The van der Waals surface area contributed by atoms with Gasteiger partial charge in [0.15, 0.2) is 15.6 Å². The monoisotopic (exact) mass is 610 g/mol. The number of hydrogen-bond acceptors (Lipinski definition) is 14. The fourth-order valence-electron chi connectivity index (χ4n) is 2.02. The summed E-state index contributed by atoms with van der Waals surface area (Å²) in [6, 6.07) is 2.70.